The predicted molar refractivity (Wildman–Crippen MR) is 110 cm³/mol. The predicted octanol–water partition coefficient (Wildman–Crippen LogP) is 4.84. The van der Waals surface area contributed by atoms with E-state index in [0.29, 0.717) is 34.3 Å². The number of hydrogen-bond acceptors (Lipinski definition) is 2. The lowest BCUT2D eigenvalue weighted by atomic mass is 10.1. The lowest BCUT2D eigenvalue weighted by Gasteiger charge is -2.09. The molecule has 7 heteroatoms. The van der Waals surface area contributed by atoms with Crippen LogP contribution < -0.4 is 5.32 Å². The highest BCUT2D eigenvalue weighted by molar-refractivity contribution is 6.35. The van der Waals surface area contributed by atoms with Crippen LogP contribution >= 0.6 is 23.2 Å². The molecule has 3 rings (SSSR count). The van der Waals surface area contributed by atoms with E-state index in [4.69, 9.17) is 23.2 Å². The smallest absolute Gasteiger partial charge is 0.224 e. The van der Waals surface area contributed by atoms with Crippen LogP contribution in [0.4, 0.5) is 4.39 Å². The van der Waals surface area contributed by atoms with Gasteiger partial charge in [0.05, 0.1) is 22.8 Å². The quantitative estimate of drug-likeness (QED) is 0.621. The summed E-state index contributed by atoms with van der Waals surface area (Å²) in [5, 5.41) is 8.40. The van der Waals surface area contributed by atoms with Gasteiger partial charge in [-0.25, -0.2) is 9.07 Å². The molecular weight excluding hydrogens is 400 g/mol. The number of carbonyl (C=O) groups excluding carboxylic acids is 1. The Hall–Kier alpha value is -2.37. The third-order valence-electron chi connectivity index (χ3n) is 4.59. The van der Waals surface area contributed by atoms with Crippen LogP contribution in [0, 0.1) is 19.7 Å². The van der Waals surface area contributed by atoms with Crippen LogP contribution in [0.5, 0.6) is 0 Å². The first-order chi connectivity index (χ1) is 13.4. The number of benzene rings is 2. The molecule has 0 radical (unpaired) electrons. The SMILES string of the molecule is Cc1nn(-c2ccc(Cl)cc2Cl)c(C)c1CC(=O)NCCc1ccccc1F. The van der Waals surface area contributed by atoms with Gasteiger partial charge in [-0.15, -0.1) is 0 Å². The van der Waals surface area contributed by atoms with Crippen LogP contribution in [0.2, 0.25) is 10.0 Å². The molecule has 3 aromatic rings. The monoisotopic (exact) mass is 419 g/mol. The summed E-state index contributed by atoms with van der Waals surface area (Å²) in [6.07, 6.45) is 0.635. The summed E-state index contributed by atoms with van der Waals surface area (Å²) >= 11 is 12.2. The van der Waals surface area contributed by atoms with Gasteiger partial charge in [0, 0.05) is 22.8 Å². The molecule has 146 valence electrons. The summed E-state index contributed by atoms with van der Waals surface area (Å²) in [4.78, 5) is 12.4. The van der Waals surface area contributed by atoms with Gasteiger partial charge < -0.3 is 5.32 Å². The third-order valence-corrected chi connectivity index (χ3v) is 5.13. The lowest BCUT2D eigenvalue weighted by Crippen LogP contribution is -2.27. The van der Waals surface area contributed by atoms with E-state index in [2.05, 4.69) is 10.4 Å². The fourth-order valence-corrected chi connectivity index (χ4v) is 3.57. The first kappa shape index (κ1) is 20.4. The largest absolute Gasteiger partial charge is 0.355 e. The summed E-state index contributed by atoms with van der Waals surface area (Å²) in [7, 11) is 0. The van der Waals surface area contributed by atoms with E-state index in [1.54, 1.807) is 41.1 Å². The van der Waals surface area contributed by atoms with Gasteiger partial charge >= 0.3 is 0 Å². The number of amides is 1. The Morgan fingerprint density at radius 3 is 2.64 bits per heavy atom. The number of hydrogen-bond donors (Lipinski definition) is 1. The number of halogens is 3. The van der Waals surface area contributed by atoms with Gasteiger partial charge in [0.15, 0.2) is 0 Å². The van der Waals surface area contributed by atoms with Crippen molar-refractivity contribution >= 4 is 29.1 Å². The van der Waals surface area contributed by atoms with E-state index in [-0.39, 0.29) is 18.1 Å². The van der Waals surface area contributed by atoms with Crippen molar-refractivity contribution < 1.29 is 9.18 Å². The summed E-state index contributed by atoms with van der Waals surface area (Å²) in [6.45, 7) is 4.12. The van der Waals surface area contributed by atoms with Gasteiger partial charge in [-0.2, -0.15) is 5.10 Å². The highest BCUT2D eigenvalue weighted by atomic mass is 35.5. The molecular formula is C21H20Cl2FN3O. The first-order valence-corrected chi connectivity index (χ1v) is 9.63. The molecule has 0 aliphatic carbocycles. The van der Waals surface area contributed by atoms with Crippen LogP contribution in [0.15, 0.2) is 42.5 Å². The van der Waals surface area contributed by atoms with Gasteiger partial charge in [0.1, 0.15) is 5.82 Å². The summed E-state index contributed by atoms with van der Waals surface area (Å²) in [5.41, 5.74) is 3.73. The molecule has 2 aromatic carbocycles. The molecule has 0 aliphatic rings. The first-order valence-electron chi connectivity index (χ1n) is 8.87. The van der Waals surface area contributed by atoms with Gasteiger partial charge in [0.25, 0.3) is 0 Å². The number of nitrogens with one attached hydrogen (secondary N) is 1. The van der Waals surface area contributed by atoms with E-state index in [9.17, 15) is 9.18 Å². The van der Waals surface area contributed by atoms with Crippen LogP contribution in [-0.4, -0.2) is 22.2 Å². The molecule has 0 bridgehead atoms. The molecule has 28 heavy (non-hydrogen) atoms. The van der Waals surface area contributed by atoms with Crippen molar-refractivity contribution in [1.82, 2.24) is 15.1 Å². The van der Waals surface area contributed by atoms with Crippen molar-refractivity contribution in [2.24, 2.45) is 0 Å². The minimum absolute atomic E-state index is 0.135. The molecule has 1 heterocycles. The van der Waals surface area contributed by atoms with E-state index >= 15 is 0 Å². The van der Waals surface area contributed by atoms with E-state index in [1.165, 1.54) is 6.07 Å². The van der Waals surface area contributed by atoms with Gasteiger partial charge in [0.2, 0.25) is 5.91 Å². The van der Waals surface area contributed by atoms with E-state index in [0.717, 1.165) is 17.0 Å². The molecule has 4 nitrogen and oxygen atoms in total. The highest BCUT2D eigenvalue weighted by Crippen LogP contribution is 2.27. The fourth-order valence-electron chi connectivity index (χ4n) is 3.08. The van der Waals surface area contributed by atoms with Crippen molar-refractivity contribution in [3.8, 4) is 5.69 Å². The van der Waals surface area contributed by atoms with Crippen molar-refractivity contribution in [3.63, 3.8) is 0 Å². The Kier molecular flexibility index (Phi) is 6.37. The van der Waals surface area contributed by atoms with Crippen molar-refractivity contribution in [3.05, 3.63) is 80.8 Å². The Morgan fingerprint density at radius 1 is 1.18 bits per heavy atom. The van der Waals surface area contributed by atoms with Gasteiger partial charge in [-0.3, -0.25) is 4.79 Å². The second-order valence-electron chi connectivity index (χ2n) is 6.53. The van der Waals surface area contributed by atoms with Crippen LogP contribution in [0.1, 0.15) is 22.5 Å². The summed E-state index contributed by atoms with van der Waals surface area (Å²) < 4.78 is 15.4. The highest BCUT2D eigenvalue weighted by Gasteiger charge is 2.17. The molecule has 0 atom stereocenters. The summed E-state index contributed by atoms with van der Waals surface area (Å²) in [6, 6.07) is 11.8. The molecule has 0 unspecified atom stereocenters. The van der Waals surface area contributed by atoms with Gasteiger partial charge in [-0.05, 0) is 50.1 Å². The number of aryl methyl sites for hydroxylation is 1. The maximum absolute atomic E-state index is 13.6. The molecule has 1 amide bonds. The lowest BCUT2D eigenvalue weighted by molar-refractivity contribution is -0.120. The normalized spacial score (nSPS) is 10.9. The van der Waals surface area contributed by atoms with E-state index < -0.39 is 0 Å². The summed E-state index contributed by atoms with van der Waals surface area (Å²) in [5.74, 6) is -0.395. The maximum atomic E-state index is 13.6. The minimum Gasteiger partial charge on any atom is -0.355 e. The van der Waals surface area contributed by atoms with Crippen LogP contribution in [0.25, 0.3) is 5.69 Å². The zero-order chi connectivity index (χ0) is 20.3. The van der Waals surface area contributed by atoms with Crippen LogP contribution in [-0.2, 0) is 17.6 Å². The molecule has 0 aliphatic heterocycles. The average molecular weight is 420 g/mol. The zero-order valence-corrected chi connectivity index (χ0v) is 17.1. The maximum Gasteiger partial charge on any atom is 0.224 e. The van der Waals surface area contributed by atoms with Crippen molar-refractivity contribution in [2.75, 3.05) is 6.54 Å². The van der Waals surface area contributed by atoms with Crippen LogP contribution in [0.3, 0.4) is 0 Å². The number of rotatable bonds is 6. The number of aromatic nitrogens is 2. The third kappa shape index (κ3) is 4.54. The average Bonchev–Trinajstić information content (AvgIpc) is 2.91. The molecule has 0 spiro atoms. The van der Waals surface area contributed by atoms with Crippen molar-refractivity contribution in [2.45, 2.75) is 26.7 Å². The number of carbonyl (C=O) groups is 1. The molecule has 1 aromatic heterocycles. The van der Waals surface area contributed by atoms with E-state index in [1.807, 2.05) is 13.8 Å². The Labute approximate surface area is 173 Å². The topological polar surface area (TPSA) is 46.9 Å². The second-order valence-corrected chi connectivity index (χ2v) is 7.37. The minimum atomic E-state index is -0.260. The Morgan fingerprint density at radius 2 is 1.93 bits per heavy atom. The van der Waals surface area contributed by atoms with Crippen molar-refractivity contribution in [1.29, 1.82) is 0 Å². The Bertz CT molecular complexity index is 1020. The zero-order valence-electron chi connectivity index (χ0n) is 15.6. The second kappa shape index (κ2) is 8.76. The van der Waals surface area contributed by atoms with Gasteiger partial charge in [-0.1, -0.05) is 41.4 Å². The molecule has 0 fully saturated rings. The molecule has 0 saturated carbocycles. The molecule has 0 saturated heterocycles. The molecule has 1 N–H and O–H groups in total. The Balaban J connectivity index is 1.68. The fraction of sp³-hybridized carbons (Fsp3) is 0.238. The number of nitrogens with zero attached hydrogens (tertiary/aromatic N) is 2. The standard InChI is InChI=1S/C21H20Cl2FN3O/c1-13-17(12-21(28)25-10-9-15-5-3-4-6-19(15)24)14(2)27(26-13)20-8-7-16(22)11-18(20)23/h3-8,11H,9-10,12H2,1-2H3,(H,25,28).